The van der Waals surface area contributed by atoms with Crippen LogP contribution in [0.5, 0.6) is 0 Å². The first kappa shape index (κ1) is 17.1. The molecule has 0 heterocycles. The van der Waals surface area contributed by atoms with Crippen molar-refractivity contribution in [2.75, 3.05) is 26.0 Å². The van der Waals surface area contributed by atoms with E-state index in [-0.39, 0.29) is 0 Å². The van der Waals surface area contributed by atoms with Crippen molar-refractivity contribution < 1.29 is 8.95 Å². The molecule has 0 saturated heterocycles. The van der Waals surface area contributed by atoms with Gasteiger partial charge >= 0.3 is 0 Å². The molecular weight excluding hydrogens is 258 g/mol. The third kappa shape index (κ3) is 5.16. The molecule has 1 saturated carbocycles. The Morgan fingerprint density at radius 1 is 1.32 bits per heavy atom. The van der Waals surface area contributed by atoms with Crippen LogP contribution in [0.25, 0.3) is 0 Å². The van der Waals surface area contributed by atoms with Crippen LogP contribution in [0.15, 0.2) is 0 Å². The van der Waals surface area contributed by atoms with Gasteiger partial charge in [-0.1, -0.05) is 20.8 Å². The molecule has 0 spiro atoms. The van der Waals surface area contributed by atoms with E-state index in [0.717, 1.165) is 25.0 Å². The quantitative estimate of drug-likeness (QED) is 0.765. The van der Waals surface area contributed by atoms with Crippen LogP contribution < -0.4 is 5.73 Å². The fraction of sp³-hybridized carbons (Fsp3) is 1.00. The van der Waals surface area contributed by atoms with Crippen molar-refractivity contribution in [1.29, 1.82) is 0 Å². The zero-order valence-electron chi connectivity index (χ0n) is 13.0. The van der Waals surface area contributed by atoms with Gasteiger partial charge in [0.2, 0.25) is 0 Å². The maximum atomic E-state index is 12.5. The fourth-order valence-corrected chi connectivity index (χ4v) is 4.90. The fourth-order valence-electron chi connectivity index (χ4n) is 3.07. The lowest BCUT2D eigenvalue weighted by Crippen LogP contribution is -2.41. The molecule has 114 valence electrons. The predicted octanol–water partition coefficient (Wildman–Crippen LogP) is 2.56. The first-order chi connectivity index (χ1) is 8.90. The molecule has 1 rings (SSSR count). The second-order valence-electron chi connectivity index (χ2n) is 6.84. The number of nitrogens with two attached hydrogens (primary N) is 1. The van der Waals surface area contributed by atoms with Gasteiger partial charge in [-0.3, -0.25) is 4.21 Å². The molecule has 1 fully saturated rings. The van der Waals surface area contributed by atoms with E-state index in [1.807, 2.05) is 0 Å². The maximum Gasteiger partial charge on any atom is 0.0471 e. The van der Waals surface area contributed by atoms with Gasteiger partial charge in [-0.15, -0.1) is 0 Å². The predicted molar refractivity (Wildman–Crippen MR) is 82.6 cm³/mol. The van der Waals surface area contributed by atoms with Gasteiger partial charge in [-0.05, 0) is 49.5 Å². The van der Waals surface area contributed by atoms with Crippen LogP contribution in [0.4, 0.5) is 0 Å². The van der Waals surface area contributed by atoms with Crippen LogP contribution in [-0.2, 0) is 15.5 Å². The minimum absolute atomic E-state index is 0.292. The zero-order valence-corrected chi connectivity index (χ0v) is 13.8. The molecule has 2 N–H and O–H groups in total. The van der Waals surface area contributed by atoms with Crippen molar-refractivity contribution in [3.63, 3.8) is 0 Å². The average molecular weight is 289 g/mol. The first-order valence-corrected chi connectivity index (χ1v) is 8.84. The summed E-state index contributed by atoms with van der Waals surface area (Å²) < 4.78 is 17.6. The minimum atomic E-state index is -0.753. The summed E-state index contributed by atoms with van der Waals surface area (Å²) in [4.78, 5) is 0. The van der Waals surface area contributed by atoms with Gasteiger partial charge in [0.15, 0.2) is 0 Å². The normalized spacial score (nSPS) is 30.3. The molecule has 0 aromatic heterocycles. The molecule has 3 nitrogen and oxygen atoms in total. The second-order valence-corrected chi connectivity index (χ2v) is 8.62. The van der Waals surface area contributed by atoms with Crippen molar-refractivity contribution in [1.82, 2.24) is 0 Å². The van der Waals surface area contributed by atoms with Crippen LogP contribution in [-0.4, -0.2) is 35.5 Å². The number of rotatable bonds is 6. The summed E-state index contributed by atoms with van der Waals surface area (Å²) in [5.41, 5.74) is 6.20. The third-order valence-electron chi connectivity index (χ3n) is 4.49. The van der Waals surface area contributed by atoms with Crippen molar-refractivity contribution in [2.24, 2.45) is 23.0 Å². The Bertz CT molecular complexity index is 288. The molecule has 4 unspecified atom stereocenters. The van der Waals surface area contributed by atoms with E-state index in [4.69, 9.17) is 10.5 Å². The smallest absolute Gasteiger partial charge is 0.0471 e. The van der Waals surface area contributed by atoms with Crippen LogP contribution in [0, 0.1) is 17.3 Å². The Labute approximate surface area is 121 Å². The van der Waals surface area contributed by atoms with E-state index in [2.05, 4.69) is 20.8 Å². The van der Waals surface area contributed by atoms with Crippen LogP contribution in [0.2, 0.25) is 0 Å². The molecule has 0 radical (unpaired) electrons. The second kappa shape index (κ2) is 7.75. The van der Waals surface area contributed by atoms with Gasteiger partial charge in [0.25, 0.3) is 0 Å². The number of ether oxygens (including phenoxy) is 1. The monoisotopic (exact) mass is 289 g/mol. The third-order valence-corrected chi connectivity index (χ3v) is 6.43. The Morgan fingerprint density at radius 3 is 2.53 bits per heavy atom. The minimum Gasteiger partial charge on any atom is -0.385 e. The molecule has 0 amide bonds. The average Bonchev–Trinajstić information content (AvgIpc) is 2.37. The summed E-state index contributed by atoms with van der Waals surface area (Å²) in [6.07, 6.45) is 4.33. The molecule has 0 aromatic rings. The lowest BCUT2D eigenvalue weighted by atomic mass is 9.69. The lowest BCUT2D eigenvalue weighted by Gasteiger charge is -2.41. The summed E-state index contributed by atoms with van der Waals surface area (Å²) >= 11 is 0. The number of methoxy groups -OCH3 is 1. The molecule has 1 aliphatic rings. The van der Waals surface area contributed by atoms with E-state index in [0.29, 0.717) is 35.7 Å². The standard InChI is InChI=1S/C15H31NO2S/c1-15(2,3)13-7-6-12(11-16)14(10-13)19(17)9-5-8-18-4/h12-14H,5-11,16H2,1-4H3. The highest BCUT2D eigenvalue weighted by molar-refractivity contribution is 7.85. The summed E-state index contributed by atoms with van der Waals surface area (Å²) in [6, 6.07) is 0. The van der Waals surface area contributed by atoms with Gasteiger partial charge in [0, 0.05) is 35.5 Å². The molecule has 0 aromatic carbocycles. The molecule has 19 heavy (non-hydrogen) atoms. The van der Waals surface area contributed by atoms with E-state index in [1.54, 1.807) is 7.11 Å². The van der Waals surface area contributed by atoms with Crippen molar-refractivity contribution in [3.05, 3.63) is 0 Å². The van der Waals surface area contributed by atoms with Gasteiger partial charge in [0.1, 0.15) is 0 Å². The van der Waals surface area contributed by atoms with Crippen LogP contribution in [0.1, 0.15) is 46.5 Å². The van der Waals surface area contributed by atoms with Crippen molar-refractivity contribution in [2.45, 2.75) is 51.7 Å². The molecule has 0 bridgehead atoms. The number of hydrogen-bond donors (Lipinski definition) is 1. The van der Waals surface area contributed by atoms with Crippen LogP contribution >= 0.6 is 0 Å². The van der Waals surface area contributed by atoms with E-state index in [9.17, 15) is 4.21 Å². The lowest BCUT2D eigenvalue weighted by molar-refractivity contribution is 0.155. The Hall–Kier alpha value is 0.0700. The molecular formula is C15H31NO2S. The molecule has 4 heteroatoms. The van der Waals surface area contributed by atoms with E-state index < -0.39 is 10.8 Å². The molecule has 4 atom stereocenters. The first-order valence-electron chi connectivity index (χ1n) is 7.46. The molecule has 0 aliphatic heterocycles. The maximum absolute atomic E-state index is 12.5. The SMILES string of the molecule is COCCCS(=O)C1CC(C(C)(C)C)CCC1CN. The summed E-state index contributed by atoms with van der Waals surface area (Å²) in [5.74, 6) is 1.87. The highest BCUT2D eigenvalue weighted by Gasteiger charge is 2.37. The Balaban J connectivity index is 2.61. The highest BCUT2D eigenvalue weighted by atomic mass is 32.2. The molecule has 1 aliphatic carbocycles. The number of hydrogen-bond acceptors (Lipinski definition) is 3. The van der Waals surface area contributed by atoms with Crippen molar-refractivity contribution in [3.8, 4) is 0 Å². The van der Waals surface area contributed by atoms with Gasteiger partial charge in [-0.2, -0.15) is 0 Å². The van der Waals surface area contributed by atoms with Gasteiger partial charge in [-0.25, -0.2) is 0 Å². The largest absolute Gasteiger partial charge is 0.385 e. The van der Waals surface area contributed by atoms with Gasteiger partial charge in [0.05, 0.1) is 0 Å². The zero-order chi connectivity index (χ0) is 14.5. The van der Waals surface area contributed by atoms with Crippen LogP contribution in [0.3, 0.4) is 0 Å². The van der Waals surface area contributed by atoms with Crippen molar-refractivity contribution >= 4 is 10.8 Å². The Kier molecular flexibility index (Phi) is 6.98. The summed E-state index contributed by atoms with van der Waals surface area (Å²) in [5, 5.41) is 0.292. The summed E-state index contributed by atoms with van der Waals surface area (Å²) in [7, 11) is 0.943. The van der Waals surface area contributed by atoms with Gasteiger partial charge < -0.3 is 10.5 Å². The van der Waals surface area contributed by atoms with E-state index >= 15 is 0 Å². The summed E-state index contributed by atoms with van der Waals surface area (Å²) in [6.45, 7) is 8.27. The van der Waals surface area contributed by atoms with E-state index in [1.165, 1.54) is 6.42 Å². The topological polar surface area (TPSA) is 52.3 Å². The Morgan fingerprint density at radius 2 is 2.00 bits per heavy atom. The highest BCUT2D eigenvalue weighted by Crippen LogP contribution is 2.41.